The Morgan fingerprint density at radius 1 is 0.872 bits per heavy atom. The Morgan fingerprint density at radius 3 is 1.89 bits per heavy atom. The lowest BCUT2D eigenvalue weighted by Crippen LogP contribution is -2.56. The van der Waals surface area contributed by atoms with E-state index in [9.17, 15) is 57.8 Å². The second-order valence-corrected chi connectivity index (χ2v) is 14.0. The molecule has 6 nitrogen and oxygen atoms in total. The molecule has 0 radical (unpaired) electrons. The van der Waals surface area contributed by atoms with Crippen molar-refractivity contribution >= 4 is 15.7 Å². The summed E-state index contributed by atoms with van der Waals surface area (Å²) in [5, 5.41) is 9.68. The highest BCUT2D eigenvalue weighted by Gasteiger charge is 2.73. The van der Waals surface area contributed by atoms with Crippen molar-refractivity contribution in [2.75, 3.05) is 19.7 Å². The van der Waals surface area contributed by atoms with Crippen LogP contribution in [-0.4, -0.2) is 56.4 Å². The summed E-state index contributed by atoms with van der Waals surface area (Å²) in [6.07, 6.45) is -12.8. The number of nitrogens with zero attached hydrogens (tertiary/aromatic N) is 1. The molecule has 0 aliphatic carbocycles. The number of aliphatic hydroxyl groups excluding tert-OH is 1. The molecule has 0 aromatic heterocycles. The van der Waals surface area contributed by atoms with Gasteiger partial charge < -0.3 is 14.7 Å². The molecule has 0 bridgehead atoms. The number of aliphatic hydroxyl groups is 1. The number of benzene rings is 3. The first-order valence-corrected chi connectivity index (χ1v) is 15.3. The third kappa shape index (κ3) is 6.22. The predicted molar refractivity (Wildman–Crippen MR) is 149 cm³/mol. The van der Waals surface area contributed by atoms with Crippen LogP contribution in [0.4, 0.5) is 39.5 Å². The van der Waals surface area contributed by atoms with Crippen molar-refractivity contribution in [3.8, 4) is 0 Å². The van der Waals surface area contributed by atoms with Crippen LogP contribution in [0.5, 0.6) is 0 Å². The quantitative estimate of drug-likeness (QED) is 0.202. The van der Waals surface area contributed by atoms with E-state index in [1.165, 1.54) is 13.8 Å². The molecule has 1 fully saturated rings. The van der Waals surface area contributed by atoms with Crippen LogP contribution in [0.15, 0.2) is 71.6 Å². The monoisotopic (exact) mass is 697 g/mol. The molecule has 0 saturated carbocycles. The van der Waals surface area contributed by atoms with Gasteiger partial charge in [0.2, 0.25) is 5.91 Å². The molecule has 4 rings (SSSR count). The van der Waals surface area contributed by atoms with Gasteiger partial charge in [0.15, 0.2) is 9.84 Å². The average molecular weight is 698 g/mol. The summed E-state index contributed by atoms with van der Waals surface area (Å²) in [5.41, 5.74) is -9.54. The topological polar surface area (TPSA) is 83.9 Å². The van der Waals surface area contributed by atoms with Crippen LogP contribution in [0.25, 0.3) is 0 Å². The minimum absolute atomic E-state index is 0.225. The number of hydrogen-bond donors (Lipinski definition) is 1. The van der Waals surface area contributed by atoms with Crippen LogP contribution >= 0.6 is 0 Å². The Balaban J connectivity index is 1.87. The number of hydrogen-bond acceptors (Lipinski definition) is 5. The number of carbonyl (C=O) groups is 1. The van der Waals surface area contributed by atoms with Crippen LogP contribution in [-0.2, 0) is 36.3 Å². The SMILES string of the molecule is CC(C)(CO)C(=O)N1CC[C@](c2ccc(C(OCc3c(F)cccc3F)(C(F)(F)F)C(F)(F)F)cc2)(S(=O)(=O)c2ccc(F)cc2)C1. The van der Waals surface area contributed by atoms with E-state index >= 15 is 0 Å². The zero-order valence-electron chi connectivity index (χ0n) is 24.7. The Morgan fingerprint density at radius 2 is 1.40 bits per heavy atom. The van der Waals surface area contributed by atoms with E-state index in [4.69, 9.17) is 0 Å². The van der Waals surface area contributed by atoms with Crippen molar-refractivity contribution in [3.63, 3.8) is 0 Å². The molecule has 3 aromatic rings. The smallest absolute Gasteiger partial charge is 0.395 e. The van der Waals surface area contributed by atoms with E-state index in [1.807, 2.05) is 0 Å². The minimum Gasteiger partial charge on any atom is -0.395 e. The van der Waals surface area contributed by atoms with Gasteiger partial charge >= 0.3 is 12.4 Å². The minimum atomic E-state index is -6.24. The highest BCUT2D eigenvalue weighted by molar-refractivity contribution is 7.92. The van der Waals surface area contributed by atoms with Crippen LogP contribution < -0.4 is 0 Å². The molecule has 1 aliphatic rings. The van der Waals surface area contributed by atoms with Gasteiger partial charge in [0, 0.05) is 24.2 Å². The number of alkyl halides is 6. The third-order valence-corrected chi connectivity index (χ3v) is 10.7. The number of likely N-dealkylation sites (tertiary alicyclic amines) is 1. The summed E-state index contributed by atoms with van der Waals surface area (Å²) in [7, 11) is -4.63. The van der Waals surface area contributed by atoms with E-state index in [2.05, 4.69) is 4.74 Å². The maximum Gasteiger partial charge on any atom is 0.430 e. The average Bonchev–Trinajstić information content (AvgIpc) is 3.45. The lowest BCUT2D eigenvalue weighted by atomic mass is 9.88. The van der Waals surface area contributed by atoms with Gasteiger partial charge in [-0.2, -0.15) is 26.3 Å². The van der Waals surface area contributed by atoms with E-state index in [0.29, 0.717) is 36.4 Å². The lowest BCUT2D eigenvalue weighted by Gasteiger charge is -2.38. The molecular weight excluding hydrogens is 669 g/mol. The zero-order chi connectivity index (χ0) is 35.2. The van der Waals surface area contributed by atoms with Gasteiger partial charge in [-0.1, -0.05) is 30.3 Å². The second-order valence-electron chi connectivity index (χ2n) is 11.7. The van der Waals surface area contributed by atoms with E-state index in [0.717, 1.165) is 35.2 Å². The van der Waals surface area contributed by atoms with E-state index < -0.39 is 97.1 Å². The zero-order valence-corrected chi connectivity index (χ0v) is 25.5. The van der Waals surface area contributed by atoms with Crippen LogP contribution in [0.3, 0.4) is 0 Å². The molecule has 1 atom stereocenters. The molecule has 0 unspecified atom stereocenters. The van der Waals surface area contributed by atoms with Crippen molar-refractivity contribution in [1.82, 2.24) is 4.90 Å². The molecule has 0 spiro atoms. The summed E-state index contributed by atoms with van der Waals surface area (Å²) in [4.78, 5) is 13.8. The highest BCUT2D eigenvalue weighted by Crippen LogP contribution is 2.54. The molecular formula is C31H28F9NO5S. The molecule has 47 heavy (non-hydrogen) atoms. The molecule has 1 N–H and O–H groups in total. The van der Waals surface area contributed by atoms with Crippen LogP contribution in [0, 0.1) is 22.9 Å². The van der Waals surface area contributed by atoms with E-state index in [1.54, 1.807) is 0 Å². The Kier molecular flexibility index (Phi) is 9.58. The number of amides is 1. The first-order valence-electron chi connectivity index (χ1n) is 13.9. The molecule has 1 aliphatic heterocycles. The number of halogens is 9. The molecule has 1 saturated heterocycles. The van der Waals surface area contributed by atoms with Gasteiger partial charge in [-0.25, -0.2) is 21.6 Å². The molecule has 16 heteroatoms. The van der Waals surface area contributed by atoms with Crippen molar-refractivity contribution in [2.45, 2.75) is 54.5 Å². The standard InChI is InChI=1S/C31H28F9NO5S/c1-27(2,18-42)26(43)41-15-14-28(17-41,47(44,45)22-12-10-21(32)11-13-22)19-6-8-20(9-7-19)29(30(35,36)37,31(38,39)40)46-16-23-24(33)4-3-5-25(23)34/h3-13,42H,14-18H2,1-2H3/t28-/m0/s1. The summed E-state index contributed by atoms with van der Waals surface area (Å²) >= 11 is 0. The van der Waals surface area contributed by atoms with Gasteiger partial charge in [-0.15, -0.1) is 0 Å². The normalized spacial score (nSPS) is 18.1. The fourth-order valence-corrected chi connectivity index (χ4v) is 7.57. The van der Waals surface area contributed by atoms with Gasteiger partial charge in [-0.3, -0.25) is 4.79 Å². The Labute approximate surface area is 263 Å². The lowest BCUT2D eigenvalue weighted by molar-refractivity contribution is -0.392. The van der Waals surface area contributed by atoms with Gasteiger partial charge in [0.05, 0.1) is 23.5 Å². The van der Waals surface area contributed by atoms with Crippen molar-refractivity contribution in [2.24, 2.45) is 5.41 Å². The summed E-state index contributed by atoms with van der Waals surface area (Å²) in [5.74, 6) is -4.36. The van der Waals surface area contributed by atoms with Crippen molar-refractivity contribution < 1.29 is 62.6 Å². The molecule has 3 aromatic carbocycles. The van der Waals surface area contributed by atoms with Gasteiger partial charge in [-0.05, 0) is 62.2 Å². The van der Waals surface area contributed by atoms with Crippen molar-refractivity contribution in [3.05, 3.63) is 101 Å². The van der Waals surface area contributed by atoms with Crippen LogP contribution in [0.1, 0.15) is 37.0 Å². The van der Waals surface area contributed by atoms with E-state index in [-0.39, 0.29) is 18.5 Å². The highest BCUT2D eigenvalue weighted by atomic mass is 32.2. The maximum absolute atomic E-state index is 14.4. The summed E-state index contributed by atoms with van der Waals surface area (Å²) < 4.78 is 159. The van der Waals surface area contributed by atoms with Crippen molar-refractivity contribution in [1.29, 1.82) is 0 Å². The number of sulfone groups is 1. The maximum atomic E-state index is 14.4. The first kappa shape index (κ1) is 36.2. The molecule has 1 amide bonds. The number of rotatable bonds is 9. The second kappa shape index (κ2) is 12.4. The first-order chi connectivity index (χ1) is 21.6. The fraction of sp³-hybridized carbons (Fsp3) is 0.387. The molecule has 256 valence electrons. The van der Waals surface area contributed by atoms with Gasteiger partial charge in [0.25, 0.3) is 5.60 Å². The Bertz CT molecular complexity index is 1690. The fourth-order valence-electron chi connectivity index (χ4n) is 5.49. The third-order valence-electron chi connectivity index (χ3n) is 8.24. The summed E-state index contributed by atoms with van der Waals surface area (Å²) in [6, 6.07) is 7.74. The Hall–Kier alpha value is -3.63. The summed E-state index contributed by atoms with van der Waals surface area (Å²) in [6.45, 7) is -0.459. The van der Waals surface area contributed by atoms with Gasteiger partial charge in [0.1, 0.15) is 22.2 Å². The largest absolute Gasteiger partial charge is 0.430 e. The van der Waals surface area contributed by atoms with Crippen LogP contribution in [0.2, 0.25) is 0 Å². The predicted octanol–water partition coefficient (Wildman–Crippen LogP) is 6.56. The number of carbonyl (C=O) groups excluding carboxylic acids is 1. The molecule has 1 heterocycles. The number of ether oxygens (including phenoxy) is 1.